The molecule has 0 atom stereocenters. The van der Waals surface area contributed by atoms with Crippen LogP contribution in [-0.4, -0.2) is 59.3 Å². The van der Waals surface area contributed by atoms with Crippen LogP contribution in [0.1, 0.15) is 29.7 Å². The lowest BCUT2D eigenvalue weighted by Gasteiger charge is -2.33. The van der Waals surface area contributed by atoms with E-state index in [-0.39, 0.29) is 11.8 Å². The summed E-state index contributed by atoms with van der Waals surface area (Å²) in [5.41, 5.74) is 3.15. The molecule has 1 aliphatic heterocycles. The second kappa shape index (κ2) is 9.42. The molecule has 170 valence electrons. The highest BCUT2D eigenvalue weighted by Gasteiger charge is 2.27. The number of nitrogens with one attached hydrogen (secondary N) is 1. The maximum atomic E-state index is 12.7. The van der Waals surface area contributed by atoms with Crippen LogP contribution < -0.4 is 19.7 Å². The third kappa shape index (κ3) is 4.32. The van der Waals surface area contributed by atoms with Crippen LogP contribution in [0.15, 0.2) is 24.5 Å². The second-order valence-corrected chi connectivity index (χ2v) is 8.11. The molecule has 4 rings (SSSR count). The van der Waals surface area contributed by atoms with Crippen molar-refractivity contribution in [3.63, 3.8) is 0 Å². The van der Waals surface area contributed by atoms with Crippen LogP contribution in [0, 0.1) is 19.8 Å². The fourth-order valence-corrected chi connectivity index (χ4v) is 4.25. The van der Waals surface area contributed by atoms with Gasteiger partial charge in [-0.25, -0.2) is 4.98 Å². The smallest absolute Gasteiger partial charge is 0.254 e. The topological polar surface area (TPSA) is 93.9 Å². The number of rotatable bonds is 7. The summed E-state index contributed by atoms with van der Waals surface area (Å²) in [5.74, 6) is 3.18. The van der Waals surface area contributed by atoms with E-state index in [1.807, 2.05) is 25.1 Å². The van der Waals surface area contributed by atoms with Gasteiger partial charge < -0.3 is 19.7 Å². The number of nitrogens with zero attached hydrogens (tertiary/aromatic N) is 5. The normalized spacial score (nSPS) is 14.6. The molecule has 3 aromatic rings. The Balaban J connectivity index is 1.32. The average molecular weight is 439 g/mol. The lowest BCUT2D eigenvalue weighted by Crippen LogP contribution is -2.42. The summed E-state index contributed by atoms with van der Waals surface area (Å²) >= 11 is 0. The van der Waals surface area contributed by atoms with Gasteiger partial charge in [0.05, 0.1) is 14.2 Å². The zero-order valence-electron chi connectivity index (χ0n) is 19.1. The fourth-order valence-electron chi connectivity index (χ4n) is 4.25. The molecule has 0 unspecified atom stereocenters. The Labute approximate surface area is 187 Å². The van der Waals surface area contributed by atoms with Crippen molar-refractivity contribution in [1.29, 1.82) is 0 Å². The number of aromatic nitrogens is 4. The van der Waals surface area contributed by atoms with Crippen LogP contribution in [-0.2, 0) is 11.2 Å². The first-order chi connectivity index (χ1) is 15.5. The Kier molecular flexibility index (Phi) is 6.43. The van der Waals surface area contributed by atoms with Crippen LogP contribution in [0.25, 0.3) is 5.78 Å². The molecule has 0 radical (unpaired) electrons. The first kappa shape index (κ1) is 21.9. The molecule has 1 aromatic carbocycles. The highest BCUT2D eigenvalue weighted by Crippen LogP contribution is 2.29. The van der Waals surface area contributed by atoms with Gasteiger partial charge in [0.2, 0.25) is 5.91 Å². The molecule has 9 nitrogen and oxygen atoms in total. The number of ether oxygens (including phenoxy) is 2. The molecule has 1 saturated heterocycles. The van der Waals surface area contributed by atoms with Gasteiger partial charge in [0, 0.05) is 36.8 Å². The third-order valence-corrected chi connectivity index (χ3v) is 6.20. The lowest BCUT2D eigenvalue weighted by atomic mass is 9.95. The number of carbonyl (C=O) groups excluding carboxylic acids is 1. The van der Waals surface area contributed by atoms with Crippen LogP contribution in [0.2, 0.25) is 0 Å². The number of amides is 1. The van der Waals surface area contributed by atoms with E-state index in [1.165, 1.54) is 6.33 Å². The standard InChI is InChI=1S/C23H30N6O3/c1-15-16(2)27-23-25-14-26-29(23)22(15)28-11-8-18(9-12-28)21(30)24-10-7-17-5-6-19(31-3)20(13-17)32-4/h5-6,13-14,18H,7-12H2,1-4H3,(H,24,30). The van der Waals surface area contributed by atoms with E-state index in [2.05, 4.69) is 32.2 Å². The molecule has 0 bridgehead atoms. The van der Waals surface area contributed by atoms with Crippen molar-refractivity contribution in [3.8, 4) is 11.5 Å². The summed E-state index contributed by atoms with van der Waals surface area (Å²) in [4.78, 5) is 23.8. The molecule has 9 heteroatoms. The molecule has 0 spiro atoms. The molecular formula is C23H30N6O3. The van der Waals surface area contributed by atoms with Crippen LogP contribution in [0.3, 0.4) is 0 Å². The largest absolute Gasteiger partial charge is 0.493 e. The minimum Gasteiger partial charge on any atom is -0.493 e. The van der Waals surface area contributed by atoms with Crippen molar-refractivity contribution < 1.29 is 14.3 Å². The zero-order valence-corrected chi connectivity index (χ0v) is 19.1. The van der Waals surface area contributed by atoms with Crippen molar-refractivity contribution in [2.24, 2.45) is 5.92 Å². The molecule has 2 aromatic heterocycles. The van der Waals surface area contributed by atoms with Crippen LogP contribution in [0.5, 0.6) is 11.5 Å². The van der Waals surface area contributed by atoms with Crippen LogP contribution >= 0.6 is 0 Å². The van der Waals surface area contributed by atoms with Crippen molar-refractivity contribution in [3.05, 3.63) is 41.3 Å². The maximum Gasteiger partial charge on any atom is 0.254 e. The highest BCUT2D eigenvalue weighted by molar-refractivity contribution is 5.79. The number of anilines is 1. The van der Waals surface area contributed by atoms with Crippen molar-refractivity contribution in [2.75, 3.05) is 38.8 Å². The first-order valence-corrected chi connectivity index (χ1v) is 10.9. The van der Waals surface area contributed by atoms with Crippen molar-refractivity contribution in [2.45, 2.75) is 33.1 Å². The quantitative estimate of drug-likeness (QED) is 0.605. The van der Waals surface area contributed by atoms with Gasteiger partial charge in [0.15, 0.2) is 11.5 Å². The Morgan fingerprint density at radius 2 is 1.91 bits per heavy atom. The number of fused-ring (bicyclic) bond motifs is 1. The summed E-state index contributed by atoms with van der Waals surface area (Å²) < 4.78 is 12.4. The number of hydrogen-bond donors (Lipinski definition) is 1. The van der Waals surface area contributed by atoms with Gasteiger partial charge in [-0.05, 0) is 50.8 Å². The Morgan fingerprint density at radius 1 is 1.16 bits per heavy atom. The van der Waals surface area contributed by atoms with Gasteiger partial charge in [-0.3, -0.25) is 4.79 Å². The molecule has 1 aliphatic rings. The van der Waals surface area contributed by atoms with E-state index in [0.29, 0.717) is 23.8 Å². The molecule has 0 saturated carbocycles. The van der Waals surface area contributed by atoms with E-state index < -0.39 is 0 Å². The minimum absolute atomic E-state index is 0.0196. The van der Waals surface area contributed by atoms with Gasteiger partial charge in [-0.2, -0.15) is 14.6 Å². The summed E-state index contributed by atoms with van der Waals surface area (Å²) in [6, 6.07) is 5.84. The maximum absolute atomic E-state index is 12.7. The SMILES string of the molecule is COc1ccc(CCNC(=O)C2CCN(c3c(C)c(C)nc4ncnn34)CC2)cc1OC. The van der Waals surface area contributed by atoms with Crippen LogP contribution in [0.4, 0.5) is 5.82 Å². The number of methoxy groups -OCH3 is 2. The molecule has 3 heterocycles. The second-order valence-electron chi connectivity index (χ2n) is 8.11. The fraction of sp³-hybridized carbons (Fsp3) is 0.478. The van der Waals surface area contributed by atoms with Crippen molar-refractivity contribution >= 4 is 17.5 Å². The molecule has 1 N–H and O–H groups in total. The predicted molar refractivity (Wildman–Crippen MR) is 121 cm³/mol. The monoisotopic (exact) mass is 438 g/mol. The van der Waals surface area contributed by atoms with E-state index in [0.717, 1.165) is 55.0 Å². The molecular weight excluding hydrogens is 408 g/mol. The van der Waals surface area contributed by atoms with Gasteiger partial charge in [-0.15, -0.1) is 0 Å². The van der Waals surface area contributed by atoms with E-state index in [9.17, 15) is 4.79 Å². The molecule has 1 amide bonds. The summed E-state index contributed by atoms with van der Waals surface area (Å²) in [7, 11) is 3.24. The minimum atomic E-state index is 0.0196. The van der Waals surface area contributed by atoms with Crippen molar-refractivity contribution in [1.82, 2.24) is 24.9 Å². The van der Waals surface area contributed by atoms with E-state index >= 15 is 0 Å². The average Bonchev–Trinajstić information content (AvgIpc) is 3.27. The summed E-state index contributed by atoms with van der Waals surface area (Å²) in [6.45, 7) is 6.24. The van der Waals surface area contributed by atoms with Gasteiger partial charge in [-0.1, -0.05) is 6.07 Å². The zero-order chi connectivity index (χ0) is 22.7. The predicted octanol–water partition coefficient (Wildman–Crippen LogP) is 2.33. The number of carbonyl (C=O) groups is 1. The first-order valence-electron chi connectivity index (χ1n) is 10.9. The Morgan fingerprint density at radius 3 is 2.62 bits per heavy atom. The third-order valence-electron chi connectivity index (χ3n) is 6.20. The Bertz CT molecular complexity index is 1100. The lowest BCUT2D eigenvalue weighted by molar-refractivity contribution is -0.125. The summed E-state index contributed by atoms with van der Waals surface area (Å²) in [5, 5.41) is 7.45. The Hall–Kier alpha value is -3.36. The molecule has 0 aliphatic carbocycles. The number of piperidine rings is 1. The van der Waals surface area contributed by atoms with Gasteiger partial charge >= 0.3 is 0 Å². The van der Waals surface area contributed by atoms with E-state index in [4.69, 9.17) is 9.47 Å². The van der Waals surface area contributed by atoms with Gasteiger partial charge in [0.1, 0.15) is 12.1 Å². The molecule has 32 heavy (non-hydrogen) atoms. The number of benzene rings is 1. The highest BCUT2D eigenvalue weighted by atomic mass is 16.5. The number of hydrogen-bond acceptors (Lipinski definition) is 7. The number of aryl methyl sites for hydroxylation is 1. The summed E-state index contributed by atoms with van der Waals surface area (Å²) in [6.07, 6.45) is 3.88. The van der Waals surface area contributed by atoms with Gasteiger partial charge in [0.25, 0.3) is 5.78 Å². The molecule has 1 fully saturated rings. The van der Waals surface area contributed by atoms with E-state index in [1.54, 1.807) is 18.7 Å².